The molecule has 2 aliphatic rings. The van der Waals surface area contributed by atoms with Gasteiger partial charge in [0, 0.05) is 31.6 Å². The van der Waals surface area contributed by atoms with Crippen LogP contribution in [0.25, 0.3) is 0 Å². The summed E-state index contributed by atoms with van der Waals surface area (Å²) in [4.78, 5) is 29.1. The monoisotopic (exact) mass is 295 g/mol. The maximum atomic E-state index is 12.8. The molecule has 3 atom stereocenters. The molecule has 0 saturated carbocycles. The fraction of sp³-hybridized carbons (Fsp3) is 0.875. The second-order valence-corrected chi connectivity index (χ2v) is 6.28. The lowest BCUT2D eigenvalue weighted by atomic mass is 9.91. The maximum Gasteiger partial charge on any atom is 0.245 e. The van der Waals surface area contributed by atoms with Crippen LogP contribution in [0.2, 0.25) is 0 Å². The zero-order valence-corrected chi connectivity index (χ0v) is 13.6. The smallest absolute Gasteiger partial charge is 0.245 e. The summed E-state index contributed by atoms with van der Waals surface area (Å²) >= 11 is 0. The first-order chi connectivity index (χ1) is 10.1. The summed E-state index contributed by atoms with van der Waals surface area (Å²) in [7, 11) is 0. The molecule has 1 unspecified atom stereocenters. The summed E-state index contributed by atoms with van der Waals surface area (Å²) in [5.74, 6) is 0.422. The van der Waals surface area contributed by atoms with E-state index in [1.54, 1.807) is 0 Å². The van der Waals surface area contributed by atoms with Gasteiger partial charge in [-0.2, -0.15) is 0 Å². The van der Waals surface area contributed by atoms with Crippen LogP contribution in [0.3, 0.4) is 0 Å². The maximum absolute atomic E-state index is 12.8. The number of hydrogen-bond donors (Lipinski definition) is 1. The molecule has 2 heterocycles. The predicted molar refractivity (Wildman–Crippen MR) is 82.9 cm³/mol. The molecule has 5 nitrogen and oxygen atoms in total. The molecule has 0 aromatic rings. The summed E-state index contributed by atoms with van der Waals surface area (Å²) in [6.45, 7) is 9.21. The van der Waals surface area contributed by atoms with Gasteiger partial charge in [0.1, 0.15) is 6.04 Å². The van der Waals surface area contributed by atoms with Gasteiger partial charge in [0.2, 0.25) is 11.8 Å². The van der Waals surface area contributed by atoms with Gasteiger partial charge in [0.05, 0.1) is 0 Å². The third-order valence-electron chi connectivity index (χ3n) is 4.87. The second-order valence-electron chi connectivity index (χ2n) is 6.28. The lowest BCUT2D eigenvalue weighted by Gasteiger charge is -2.34. The molecule has 21 heavy (non-hydrogen) atoms. The largest absolute Gasteiger partial charge is 0.341 e. The van der Waals surface area contributed by atoms with E-state index < -0.39 is 0 Å². The third-order valence-corrected chi connectivity index (χ3v) is 4.87. The lowest BCUT2D eigenvalue weighted by molar-refractivity contribution is -0.146. The van der Waals surface area contributed by atoms with Crippen LogP contribution in [0, 0.1) is 5.92 Å². The zero-order chi connectivity index (χ0) is 15.4. The molecule has 1 N–H and O–H groups in total. The van der Waals surface area contributed by atoms with Gasteiger partial charge in [-0.05, 0) is 53.0 Å². The highest BCUT2D eigenvalue weighted by Gasteiger charge is 2.39. The average molecular weight is 295 g/mol. The van der Waals surface area contributed by atoms with Gasteiger partial charge in [-0.25, -0.2) is 0 Å². The van der Waals surface area contributed by atoms with E-state index >= 15 is 0 Å². The first kappa shape index (κ1) is 16.3. The molecule has 0 radical (unpaired) electrons. The highest BCUT2D eigenvalue weighted by atomic mass is 16.2. The number of piperidine rings is 1. The molecule has 2 amide bonds. The summed E-state index contributed by atoms with van der Waals surface area (Å²) in [5.41, 5.74) is 0. The molecule has 2 aliphatic heterocycles. The Balaban J connectivity index is 2.03. The Hall–Kier alpha value is -1.10. The van der Waals surface area contributed by atoms with Crippen LogP contribution < -0.4 is 5.32 Å². The summed E-state index contributed by atoms with van der Waals surface area (Å²) in [5, 5.41) is 3.38. The van der Waals surface area contributed by atoms with Gasteiger partial charge in [-0.1, -0.05) is 0 Å². The Morgan fingerprint density at radius 2 is 1.95 bits per heavy atom. The minimum absolute atomic E-state index is 0.0892. The van der Waals surface area contributed by atoms with Crippen molar-refractivity contribution in [2.45, 2.75) is 58.5 Å². The van der Waals surface area contributed by atoms with E-state index in [1.165, 1.54) is 0 Å². The summed E-state index contributed by atoms with van der Waals surface area (Å²) in [6, 6.07) is 0.176. The lowest BCUT2D eigenvalue weighted by Crippen LogP contribution is -2.51. The Kier molecular flexibility index (Phi) is 5.62. The standard InChI is InChI=1S/C16H29N3O2/c1-4-18(5-2)16(21)14-7-6-10-19(14)15(20)13-8-9-17-12(3)11-13/h12-14,17H,4-11H2,1-3H3/t12-,13-,14?/m0/s1. The van der Waals surface area contributed by atoms with Crippen LogP contribution in [0.4, 0.5) is 0 Å². The van der Waals surface area contributed by atoms with Crippen LogP contribution >= 0.6 is 0 Å². The number of likely N-dealkylation sites (tertiary alicyclic amines) is 1. The normalized spacial score (nSPS) is 29.5. The number of amides is 2. The second kappa shape index (κ2) is 7.25. The van der Waals surface area contributed by atoms with E-state index in [0.717, 1.165) is 51.9 Å². The van der Waals surface area contributed by atoms with Gasteiger partial charge >= 0.3 is 0 Å². The van der Waals surface area contributed by atoms with E-state index in [1.807, 2.05) is 23.6 Å². The molecule has 2 saturated heterocycles. The topological polar surface area (TPSA) is 52.7 Å². The Morgan fingerprint density at radius 3 is 2.57 bits per heavy atom. The van der Waals surface area contributed by atoms with E-state index in [-0.39, 0.29) is 23.8 Å². The van der Waals surface area contributed by atoms with Crippen molar-refractivity contribution in [2.75, 3.05) is 26.2 Å². The van der Waals surface area contributed by atoms with E-state index in [0.29, 0.717) is 6.04 Å². The fourth-order valence-corrected chi connectivity index (χ4v) is 3.62. The van der Waals surface area contributed by atoms with Gasteiger partial charge in [-0.15, -0.1) is 0 Å². The van der Waals surface area contributed by atoms with Crippen molar-refractivity contribution in [1.82, 2.24) is 15.1 Å². The number of hydrogen-bond acceptors (Lipinski definition) is 3. The number of nitrogens with one attached hydrogen (secondary N) is 1. The Labute approximate surface area is 128 Å². The van der Waals surface area contributed by atoms with Crippen LogP contribution in [0.15, 0.2) is 0 Å². The molecule has 0 bridgehead atoms. The minimum Gasteiger partial charge on any atom is -0.341 e. The van der Waals surface area contributed by atoms with Crippen molar-refractivity contribution in [3.05, 3.63) is 0 Å². The Morgan fingerprint density at radius 1 is 1.24 bits per heavy atom. The number of likely N-dealkylation sites (N-methyl/N-ethyl adjacent to an activating group) is 1. The van der Waals surface area contributed by atoms with Crippen molar-refractivity contribution in [3.8, 4) is 0 Å². The average Bonchev–Trinajstić information content (AvgIpc) is 2.97. The zero-order valence-electron chi connectivity index (χ0n) is 13.6. The quantitative estimate of drug-likeness (QED) is 0.849. The SMILES string of the molecule is CCN(CC)C(=O)C1CCCN1C(=O)[C@H]1CCN[C@@H](C)C1. The van der Waals surface area contributed by atoms with Gasteiger partial charge in [0.25, 0.3) is 0 Å². The Bertz CT molecular complexity index is 382. The fourth-order valence-electron chi connectivity index (χ4n) is 3.62. The highest BCUT2D eigenvalue weighted by molar-refractivity contribution is 5.89. The summed E-state index contributed by atoms with van der Waals surface area (Å²) < 4.78 is 0. The number of nitrogens with zero attached hydrogens (tertiary/aromatic N) is 2. The van der Waals surface area contributed by atoms with Crippen LogP contribution in [-0.2, 0) is 9.59 Å². The van der Waals surface area contributed by atoms with Crippen molar-refractivity contribution in [3.63, 3.8) is 0 Å². The first-order valence-electron chi connectivity index (χ1n) is 8.41. The number of carbonyl (C=O) groups is 2. The molecule has 0 spiro atoms. The van der Waals surface area contributed by atoms with Gasteiger partial charge < -0.3 is 15.1 Å². The third kappa shape index (κ3) is 3.57. The van der Waals surface area contributed by atoms with E-state index in [9.17, 15) is 9.59 Å². The molecule has 5 heteroatoms. The number of rotatable bonds is 4. The highest BCUT2D eigenvalue weighted by Crippen LogP contribution is 2.26. The van der Waals surface area contributed by atoms with Crippen LogP contribution in [0.1, 0.15) is 46.5 Å². The molecular formula is C16H29N3O2. The molecule has 2 fully saturated rings. The van der Waals surface area contributed by atoms with Crippen molar-refractivity contribution in [2.24, 2.45) is 5.92 Å². The molecule has 0 aromatic heterocycles. The predicted octanol–water partition coefficient (Wildman–Crippen LogP) is 1.23. The van der Waals surface area contributed by atoms with Gasteiger partial charge in [0.15, 0.2) is 0 Å². The van der Waals surface area contributed by atoms with Crippen LogP contribution in [-0.4, -0.2) is 59.9 Å². The van der Waals surface area contributed by atoms with Crippen molar-refractivity contribution >= 4 is 11.8 Å². The summed E-state index contributed by atoms with van der Waals surface area (Å²) in [6.07, 6.45) is 3.55. The molecule has 120 valence electrons. The van der Waals surface area contributed by atoms with E-state index in [4.69, 9.17) is 0 Å². The first-order valence-corrected chi connectivity index (χ1v) is 8.41. The van der Waals surface area contributed by atoms with Crippen molar-refractivity contribution in [1.29, 1.82) is 0 Å². The molecule has 0 aliphatic carbocycles. The van der Waals surface area contributed by atoms with Crippen molar-refractivity contribution < 1.29 is 9.59 Å². The molecule has 2 rings (SSSR count). The molecular weight excluding hydrogens is 266 g/mol. The van der Waals surface area contributed by atoms with Gasteiger partial charge in [-0.3, -0.25) is 9.59 Å². The molecule has 0 aromatic carbocycles. The minimum atomic E-state index is -0.220. The van der Waals surface area contributed by atoms with Crippen LogP contribution in [0.5, 0.6) is 0 Å². The number of carbonyl (C=O) groups excluding carboxylic acids is 2. The van der Waals surface area contributed by atoms with E-state index in [2.05, 4.69) is 12.2 Å².